The van der Waals surface area contributed by atoms with Crippen molar-refractivity contribution in [1.29, 1.82) is 0 Å². The topological polar surface area (TPSA) is 55.2 Å². The van der Waals surface area contributed by atoms with Gasteiger partial charge in [-0.1, -0.05) is 43.5 Å². The standard InChI is InChI=1S/C15H20N2O2S/c1-4-9-19-12-8-6-5-7-11(12)14(18)15-13(10(2)3)16-17-20-15/h5-8,10,14,18H,4,9H2,1-3H3. The lowest BCUT2D eigenvalue weighted by Gasteiger charge is -2.16. The van der Waals surface area contributed by atoms with Crippen molar-refractivity contribution in [3.8, 4) is 5.75 Å². The van der Waals surface area contributed by atoms with Crippen molar-refractivity contribution in [1.82, 2.24) is 9.59 Å². The third-order valence-electron chi connectivity index (χ3n) is 3.01. The first-order valence-electron chi connectivity index (χ1n) is 6.87. The third kappa shape index (κ3) is 3.16. The van der Waals surface area contributed by atoms with E-state index in [2.05, 4.69) is 16.5 Å². The summed E-state index contributed by atoms with van der Waals surface area (Å²) >= 11 is 1.25. The Labute approximate surface area is 123 Å². The van der Waals surface area contributed by atoms with Crippen LogP contribution in [-0.4, -0.2) is 21.3 Å². The Hall–Kier alpha value is -1.46. The van der Waals surface area contributed by atoms with Gasteiger partial charge in [0.15, 0.2) is 0 Å². The van der Waals surface area contributed by atoms with Gasteiger partial charge in [0.1, 0.15) is 11.9 Å². The van der Waals surface area contributed by atoms with Crippen LogP contribution in [0, 0.1) is 0 Å². The van der Waals surface area contributed by atoms with E-state index < -0.39 is 6.10 Å². The maximum absolute atomic E-state index is 10.6. The summed E-state index contributed by atoms with van der Waals surface area (Å²) in [4.78, 5) is 0.799. The van der Waals surface area contributed by atoms with Crippen LogP contribution in [-0.2, 0) is 0 Å². The molecule has 1 unspecified atom stereocenters. The van der Waals surface area contributed by atoms with E-state index in [1.807, 2.05) is 38.1 Å². The fraction of sp³-hybridized carbons (Fsp3) is 0.467. The van der Waals surface area contributed by atoms with Crippen LogP contribution in [0.3, 0.4) is 0 Å². The molecule has 108 valence electrons. The molecule has 0 aliphatic heterocycles. The van der Waals surface area contributed by atoms with Gasteiger partial charge in [-0.3, -0.25) is 0 Å². The zero-order valence-corrected chi connectivity index (χ0v) is 12.9. The maximum Gasteiger partial charge on any atom is 0.125 e. The molecule has 0 bridgehead atoms. The first kappa shape index (κ1) is 14.9. The zero-order valence-electron chi connectivity index (χ0n) is 12.0. The van der Waals surface area contributed by atoms with E-state index >= 15 is 0 Å². The molecule has 0 amide bonds. The van der Waals surface area contributed by atoms with Crippen molar-refractivity contribution in [2.75, 3.05) is 6.61 Å². The van der Waals surface area contributed by atoms with Gasteiger partial charge in [0.25, 0.3) is 0 Å². The molecule has 0 aliphatic rings. The molecule has 1 atom stereocenters. The van der Waals surface area contributed by atoms with Crippen molar-refractivity contribution in [2.24, 2.45) is 0 Å². The number of nitrogens with zero attached hydrogens (tertiary/aromatic N) is 2. The minimum absolute atomic E-state index is 0.238. The summed E-state index contributed by atoms with van der Waals surface area (Å²) in [5.41, 5.74) is 1.63. The largest absolute Gasteiger partial charge is 0.493 e. The van der Waals surface area contributed by atoms with Gasteiger partial charge in [-0.2, -0.15) is 0 Å². The van der Waals surface area contributed by atoms with E-state index in [-0.39, 0.29) is 5.92 Å². The number of hydrogen-bond donors (Lipinski definition) is 1. The van der Waals surface area contributed by atoms with Crippen molar-refractivity contribution >= 4 is 11.5 Å². The van der Waals surface area contributed by atoms with Gasteiger partial charge < -0.3 is 9.84 Å². The second-order valence-corrected chi connectivity index (χ2v) is 5.75. The molecular weight excluding hydrogens is 272 g/mol. The highest BCUT2D eigenvalue weighted by molar-refractivity contribution is 7.05. The Bertz CT molecular complexity index is 554. The molecule has 5 heteroatoms. The van der Waals surface area contributed by atoms with E-state index in [9.17, 15) is 5.11 Å². The Kier molecular flexibility index (Phi) is 5.09. The Morgan fingerprint density at radius 2 is 2.05 bits per heavy atom. The number of aliphatic hydroxyl groups is 1. The average Bonchev–Trinajstić information content (AvgIpc) is 2.94. The molecule has 0 aliphatic carbocycles. The van der Waals surface area contributed by atoms with Crippen LogP contribution in [0.15, 0.2) is 24.3 Å². The molecule has 20 heavy (non-hydrogen) atoms. The highest BCUT2D eigenvalue weighted by atomic mass is 32.1. The molecule has 0 radical (unpaired) electrons. The van der Waals surface area contributed by atoms with Crippen LogP contribution in [0.5, 0.6) is 5.75 Å². The minimum Gasteiger partial charge on any atom is -0.493 e. The minimum atomic E-state index is -0.736. The third-order valence-corrected chi connectivity index (χ3v) is 3.80. The maximum atomic E-state index is 10.6. The Morgan fingerprint density at radius 1 is 1.30 bits per heavy atom. The van der Waals surface area contributed by atoms with Gasteiger partial charge in [0, 0.05) is 5.56 Å². The van der Waals surface area contributed by atoms with Crippen molar-refractivity contribution in [3.63, 3.8) is 0 Å². The molecule has 2 aromatic rings. The number of para-hydroxylation sites is 1. The van der Waals surface area contributed by atoms with Gasteiger partial charge in [-0.05, 0) is 29.9 Å². The molecular formula is C15H20N2O2S. The van der Waals surface area contributed by atoms with Crippen LogP contribution in [0.2, 0.25) is 0 Å². The van der Waals surface area contributed by atoms with Gasteiger partial charge >= 0.3 is 0 Å². The average molecular weight is 292 g/mol. The summed E-state index contributed by atoms with van der Waals surface area (Å²) in [6.45, 7) is 6.80. The molecule has 0 saturated heterocycles. The predicted octanol–water partition coefficient (Wildman–Crippen LogP) is 3.53. The summed E-state index contributed by atoms with van der Waals surface area (Å²) in [6, 6.07) is 7.59. The van der Waals surface area contributed by atoms with E-state index in [1.54, 1.807) is 0 Å². The summed E-state index contributed by atoms with van der Waals surface area (Å²) in [5.74, 6) is 0.965. The second-order valence-electron chi connectivity index (χ2n) is 4.97. The molecule has 0 fully saturated rings. The zero-order chi connectivity index (χ0) is 14.5. The fourth-order valence-electron chi connectivity index (χ4n) is 1.99. The van der Waals surface area contributed by atoms with Crippen LogP contribution >= 0.6 is 11.5 Å². The lowest BCUT2D eigenvalue weighted by molar-refractivity contribution is 0.212. The normalized spacial score (nSPS) is 12.7. The molecule has 0 spiro atoms. The monoisotopic (exact) mass is 292 g/mol. The summed E-state index contributed by atoms with van der Waals surface area (Å²) in [5, 5.41) is 14.8. The smallest absolute Gasteiger partial charge is 0.125 e. The van der Waals surface area contributed by atoms with Crippen molar-refractivity contribution < 1.29 is 9.84 Å². The summed E-state index contributed by atoms with van der Waals surface area (Å²) < 4.78 is 9.68. The predicted molar refractivity (Wildman–Crippen MR) is 80.3 cm³/mol. The quantitative estimate of drug-likeness (QED) is 0.885. The van der Waals surface area contributed by atoms with E-state index in [1.165, 1.54) is 11.5 Å². The highest BCUT2D eigenvalue weighted by Crippen LogP contribution is 2.35. The molecule has 4 nitrogen and oxygen atoms in total. The Balaban J connectivity index is 2.33. The first-order valence-corrected chi connectivity index (χ1v) is 7.64. The van der Waals surface area contributed by atoms with Gasteiger partial charge in [-0.15, -0.1) is 5.10 Å². The van der Waals surface area contributed by atoms with Crippen LogP contribution in [0.4, 0.5) is 0 Å². The number of aromatic nitrogens is 2. The molecule has 0 saturated carbocycles. The molecule has 1 aromatic carbocycles. The second kappa shape index (κ2) is 6.81. The molecule has 1 heterocycles. The van der Waals surface area contributed by atoms with Gasteiger partial charge in [0.2, 0.25) is 0 Å². The summed E-state index contributed by atoms with van der Waals surface area (Å²) in [6.07, 6.45) is 0.199. The number of rotatable bonds is 6. The van der Waals surface area contributed by atoms with E-state index in [4.69, 9.17) is 4.74 Å². The molecule has 1 N–H and O–H groups in total. The van der Waals surface area contributed by atoms with E-state index in [0.717, 1.165) is 28.3 Å². The van der Waals surface area contributed by atoms with Gasteiger partial charge in [0.05, 0.1) is 17.2 Å². The van der Waals surface area contributed by atoms with Crippen molar-refractivity contribution in [3.05, 3.63) is 40.4 Å². The van der Waals surface area contributed by atoms with E-state index in [0.29, 0.717) is 6.61 Å². The molecule has 2 rings (SSSR count). The number of aliphatic hydroxyl groups excluding tert-OH is 1. The van der Waals surface area contributed by atoms with Crippen LogP contribution in [0.1, 0.15) is 55.3 Å². The highest BCUT2D eigenvalue weighted by Gasteiger charge is 2.23. The molecule has 1 aromatic heterocycles. The van der Waals surface area contributed by atoms with Crippen LogP contribution < -0.4 is 4.74 Å². The number of benzene rings is 1. The van der Waals surface area contributed by atoms with Gasteiger partial charge in [-0.25, -0.2) is 0 Å². The summed E-state index contributed by atoms with van der Waals surface area (Å²) in [7, 11) is 0. The Morgan fingerprint density at radius 3 is 2.75 bits per heavy atom. The van der Waals surface area contributed by atoms with Crippen LogP contribution in [0.25, 0.3) is 0 Å². The number of ether oxygens (including phenoxy) is 1. The lowest BCUT2D eigenvalue weighted by atomic mass is 10.0. The number of hydrogen-bond acceptors (Lipinski definition) is 5. The SMILES string of the molecule is CCCOc1ccccc1C(O)c1snnc1C(C)C. The van der Waals surface area contributed by atoms with Crippen molar-refractivity contribution in [2.45, 2.75) is 39.2 Å². The fourth-order valence-corrected chi connectivity index (χ4v) is 2.80. The lowest BCUT2D eigenvalue weighted by Crippen LogP contribution is -2.06. The first-order chi connectivity index (χ1) is 9.65.